The quantitative estimate of drug-likeness (QED) is 0.850. The number of halogens is 2. The number of hydrogen-bond acceptors (Lipinski definition) is 4. The molecule has 0 saturated carbocycles. The van der Waals surface area contributed by atoms with Crippen LogP contribution in [-0.4, -0.2) is 54.4 Å². The third-order valence-corrected chi connectivity index (χ3v) is 3.91. The number of nitrogens with zero attached hydrogens (tertiary/aromatic N) is 2. The molecule has 0 unspecified atom stereocenters. The van der Waals surface area contributed by atoms with Gasteiger partial charge in [0.1, 0.15) is 5.75 Å². The molecule has 0 aliphatic carbocycles. The van der Waals surface area contributed by atoms with Gasteiger partial charge in [-0.15, -0.1) is 0 Å². The molecular formula is C17H16F2N2O4. The molecule has 0 bridgehead atoms. The number of hydrogen-bond donors (Lipinski definition) is 0. The number of piperazine rings is 1. The van der Waals surface area contributed by atoms with Gasteiger partial charge in [0, 0.05) is 31.7 Å². The smallest absolute Gasteiger partial charge is 0.387 e. The van der Waals surface area contributed by atoms with E-state index in [1.807, 2.05) is 0 Å². The molecule has 2 heterocycles. The Bertz CT molecular complexity index is 724. The first kappa shape index (κ1) is 16.9. The Labute approximate surface area is 142 Å². The number of carbonyl (C=O) groups excluding carboxylic acids is 2. The van der Waals surface area contributed by atoms with E-state index in [9.17, 15) is 18.4 Å². The van der Waals surface area contributed by atoms with Gasteiger partial charge in [-0.25, -0.2) is 0 Å². The van der Waals surface area contributed by atoms with Gasteiger partial charge in [-0.2, -0.15) is 8.78 Å². The largest absolute Gasteiger partial charge is 0.459 e. The van der Waals surface area contributed by atoms with E-state index in [-0.39, 0.29) is 23.3 Å². The van der Waals surface area contributed by atoms with Crippen LogP contribution >= 0.6 is 0 Å². The molecule has 0 N–H and O–H groups in total. The van der Waals surface area contributed by atoms with E-state index < -0.39 is 6.61 Å². The normalized spacial score (nSPS) is 14.7. The van der Waals surface area contributed by atoms with Gasteiger partial charge >= 0.3 is 6.61 Å². The second-order valence-corrected chi connectivity index (χ2v) is 5.46. The minimum Gasteiger partial charge on any atom is -0.459 e. The summed E-state index contributed by atoms with van der Waals surface area (Å²) in [6.45, 7) is -1.32. The molecule has 2 amide bonds. The van der Waals surface area contributed by atoms with Crippen LogP contribution in [0.5, 0.6) is 5.75 Å². The van der Waals surface area contributed by atoms with Crippen LogP contribution in [0.1, 0.15) is 20.9 Å². The highest BCUT2D eigenvalue weighted by Gasteiger charge is 2.26. The van der Waals surface area contributed by atoms with Crippen molar-refractivity contribution in [2.75, 3.05) is 26.2 Å². The lowest BCUT2D eigenvalue weighted by Crippen LogP contribution is -2.50. The van der Waals surface area contributed by atoms with Gasteiger partial charge in [0.15, 0.2) is 5.76 Å². The summed E-state index contributed by atoms with van der Waals surface area (Å²) in [5.74, 6) is -0.144. The second-order valence-electron chi connectivity index (χ2n) is 5.46. The highest BCUT2D eigenvalue weighted by molar-refractivity contribution is 5.95. The number of alkyl halides is 2. The summed E-state index contributed by atoms with van der Waals surface area (Å²) in [7, 11) is 0. The lowest BCUT2D eigenvalue weighted by atomic mass is 10.1. The van der Waals surface area contributed by atoms with Crippen molar-refractivity contribution < 1.29 is 27.5 Å². The number of amides is 2. The lowest BCUT2D eigenvalue weighted by Gasteiger charge is -2.34. The maximum atomic E-state index is 12.5. The van der Waals surface area contributed by atoms with Crippen molar-refractivity contribution in [3.63, 3.8) is 0 Å². The Kier molecular flexibility index (Phi) is 4.97. The van der Waals surface area contributed by atoms with E-state index in [2.05, 4.69) is 4.74 Å². The van der Waals surface area contributed by atoms with Crippen LogP contribution in [0, 0.1) is 0 Å². The van der Waals surface area contributed by atoms with Gasteiger partial charge in [0.2, 0.25) is 0 Å². The number of furan rings is 1. The Morgan fingerprint density at radius 2 is 1.56 bits per heavy atom. The molecule has 3 rings (SSSR count). The van der Waals surface area contributed by atoms with Crippen molar-refractivity contribution in [1.82, 2.24) is 9.80 Å². The Hall–Kier alpha value is -2.90. The summed E-state index contributed by atoms with van der Waals surface area (Å²) < 4.78 is 33.6. The Balaban J connectivity index is 1.57. The number of ether oxygens (including phenoxy) is 1. The molecule has 25 heavy (non-hydrogen) atoms. The van der Waals surface area contributed by atoms with Crippen molar-refractivity contribution in [1.29, 1.82) is 0 Å². The second kappa shape index (κ2) is 7.33. The zero-order valence-corrected chi connectivity index (χ0v) is 13.2. The molecule has 1 aromatic carbocycles. The maximum Gasteiger partial charge on any atom is 0.387 e. The zero-order valence-electron chi connectivity index (χ0n) is 13.2. The first-order chi connectivity index (χ1) is 12.0. The molecule has 0 radical (unpaired) electrons. The van der Waals surface area contributed by atoms with E-state index in [1.54, 1.807) is 21.9 Å². The number of carbonyl (C=O) groups is 2. The average Bonchev–Trinajstić information content (AvgIpc) is 3.15. The van der Waals surface area contributed by atoms with Gasteiger partial charge in [-0.3, -0.25) is 9.59 Å². The van der Waals surface area contributed by atoms with Crippen molar-refractivity contribution >= 4 is 11.8 Å². The van der Waals surface area contributed by atoms with E-state index in [1.165, 1.54) is 30.5 Å². The van der Waals surface area contributed by atoms with Gasteiger partial charge in [-0.05, 0) is 36.4 Å². The molecule has 0 atom stereocenters. The monoisotopic (exact) mass is 350 g/mol. The minimum absolute atomic E-state index is 0.000383. The van der Waals surface area contributed by atoms with Crippen LogP contribution in [0.15, 0.2) is 47.1 Å². The van der Waals surface area contributed by atoms with Crippen LogP contribution < -0.4 is 4.74 Å². The third kappa shape index (κ3) is 3.96. The molecule has 0 spiro atoms. The molecule has 2 aromatic rings. The fourth-order valence-electron chi connectivity index (χ4n) is 2.63. The molecule has 6 nitrogen and oxygen atoms in total. The minimum atomic E-state index is -2.90. The van der Waals surface area contributed by atoms with E-state index in [0.29, 0.717) is 31.7 Å². The predicted octanol–water partition coefficient (Wildman–Crippen LogP) is 2.48. The first-order valence-corrected chi connectivity index (χ1v) is 7.71. The number of rotatable bonds is 4. The number of benzene rings is 1. The summed E-state index contributed by atoms with van der Waals surface area (Å²) in [5, 5.41) is 0. The molecule has 1 aromatic heterocycles. The van der Waals surface area contributed by atoms with E-state index >= 15 is 0 Å². The van der Waals surface area contributed by atoms with Crippen LogP contribution in [0.25, 0.3) is 0 Å². The highest BCUT2D eigenvalue weighted by Crippen LogP contribution is 2.17. The van der Waals surface area contributed by atoms with Gasteiger partial charge < -0.3 is 19.0 Å². The fourth-order valence-corrected chi connectivity index (χ4v) is 2.63. The molecule has 1 aliphatic heterocycles. The van der Waals surface area contributed by atoms with Gasteiger partial charge in [-0.1, -0.05) is 0 Å². The Morgan fingerprint density at radius 1 is 0.960 bits per heavy atom. The topological polar surface area (TPSA) is 63.0 Å². The summed E-state index contributed by atoms with van der Waals surface area (Å²) in [6.07, 6.45) is 1.44. The van der Waals surface area contributed by atoms with Gasteiger partial charge in [0.25, 0.3) is 11.8 Å². The van der Waals surface area contributed by atoms with Crippen molar-refractivity contribution in [3.05, 3.63) is 54.0 Å². The van der Waals surface area contributed by atoms with Crippen LogP contribution in [0.4, 0.5) is 8.78 Å². The Morgan fingerprint density at radius 3 is 2.08 bits per heavy atom. The molecule has 132 valence electrons. The zero-order chi connectivity index (χ0) is 17.8. The van der Waals surface area contributed by atoms with Crippen LogP contribution in [0.2, 0.25) is 0 Å². The maximum absolute atomic E-state index is 12.5. The SMILES string of the molecule is O=C(c1ccc(OC(F)F)cc1)N1CCN(C(=O)c2ccco2)CC1. The standard InChI is InChI=1S/C17H16F2N2O4/c18-17(19)25-13-5-3-12(4-6-13)15(22)20-7-9-21(10-8-20)16(23)14-2-1-11-24-14/h1-6,11,17H,7-10H2. The average molecular weight is 350 g/mol. The molecule has 1 fully saturated rings. The van der Waals surface area contributed by atoms with Crippen LogP contribution in [0.3, 0.4) is 0 Å². The van der Waals surface area contributed by atoms with Crippen molar-refractivity contribution in [2.45, 2.75) is 6.61 Å². The van der Waals surface area contributed by atoms with E-state index in [4.69, 9.17) is 4.42 Å². The molecule has 1 aliphatic rings. The van der Waals surface area contributed by atoms with Crippen molar-refractivity contribution in [3.8, 4) is 5.75 Å². The first-order valence-electron chi connectivity index (χ1n) is 7.71. The third-order valence-electron chi connectivity index (χ3n) is 3.91. The summed E-state index contributed by atoms with van der Waals surface area (Å²) >= 11 is 0. The summed E-state index contributed by atoms with van der Waals surface area (Å²) in [4.78, 5) is 27.9. The van der Waals surface area contributed by atoms with E-state index in [0.717, 1.165) is 0 Å². The molecule has 8 heteroatoms. The molecular weight excluding hydrogens is 334 g/mol. The predicted molar refractivity (Wildman–Crippen MR) is 83.6 cm³/mol. The summed E-state index contributed by atoms with van der Waals surface area (Å²) in [5.41, 5.74) is 0.382. The van der Waals surface area contributed by atoms with Crippen molar-refractivity contribution in [2.24, 2.45) is 0 Å². The highest BCUT2D eigenvalue weighted by atomic mass is 19.3. The summed E-state index contributed by atoms with van der Waals surface area (Å²) in [6, 6.07) is 8.80. The van der Waals surface area contributed by atoms with Gasteiger partial charge in [0.05, 0.1) is 6.26 Å². The fraction of sp³-hybridized carbons (Fsp3) is 0.294. The molecule has 1 saturated heterocycles. The van der Waals surface area contributed by atoms with Crippen LogP contribution in [-0.2, 0) is 0 Å². The lowest BCUT2D eigenvalue weighted by molar-refractivity contribution is -0.0498.